The standard InChI is InChI=1S/C10H21NO4/c1-10(2,14-3)5-7-15-9(13)8(11)4-6-12/h8,12H,4-7,11H2,1-3H3/t8-/m1/s1. The lowest BCUT2D eigenvalue weighted by molar-refractivity contribution is -0.147. The number of esters is 1. The predicted molar refractivity (Wildman–Crippen MR) is 56.3 cm³/mol. The van der Waals surface area contributed by atoms with E-state index in [2.05, 4.69) is 0 Å². The van der Waals surface area contributed by atoms with Crippen molar-refractivity contribution in [3.63, 3.8) is 0 Å². The van der Waals surface area contributed by atoms with Crippen LogP contribution in [0.15, 0.2) is 0 Å². The molecule has 0 bridgehead atoms. The van der Waals surface area contributed by atoms with E-state index in [1.165, 1.54) is 0 Å². The summed E-state index contributed by atoms with van der Waals surface area (Å²) in [5.74, 6) is -0.476. The van der Waals surface area contributed by atoms with Gasteiger partial charge < -0.3 is 20.3 Å². The third-order valence-corrected chi connectivity index (χ3v) is 2.24. The van der Waals surface area contributed by atoms with Crippen molar-refractivity contribution >= 4 is 5.97 Å². The Balaban J connectivity index is 3.72. The summed E-state index contributed by atoms with van der Waals surface area (Å²) in [6.45, 7) is 3.99. The van der Waals surface area contributed by atoms with E-state index in [0.29, 0.717) is 6.42 Å². The first-order chi connectivity index (χ1) is 6.93. The highest BCUT2D eigenvalue weighted by Gasteiger charge is 2.19. The van der Waals surface area contributed by atoms with Crippen LogP contribution in [0.5, 0.6) is 0 Å². The largest absolute Gasteiger partial charge is 0.464 e. The quantitative estimate of drug-likeness (QED) is 0.591. The van der Waals surface area contributed by atoms with Crippen molar-refractivity contribution in [2.75, 3.05) is 20.3 Å². The zero-order valence-electron chi connectivity index (χ0n) is 9.66. The third-order valence-electron chi connectivity index (χ3n) is 2.24. The summed E-state index contributed by atoms with van der Waals surface area (Å²) in [6, 6.07) is -0.736. The molecule has 0 heterocycles. The normalized spacial score (nSPS) is 13.7. The van der Waals surface area contributed by atoms with E-state index < -0.39 is 12.0 Å². The summed E-state index contributed by atoms with van der Waals surface area (Å²) < 4.78 is 10.1. The fourth-order valence-corrected chi connectivity index (χ4v) is 0.863. The van der Waals surface area contributed by atoms with E-state index in [1.807, 2.05) is 13.8 Å². The molecule has 5 heteroatoms. The van der Waals surface area contributed by atoms with Gasteiger partial charge in [-0.3, -0.25) is 4.79 Å². The molecule has 3 N–H and O–H groups in total. The lowest BCUT2D eigenvalue weighted by Gasteiger charge is -2.22. The lowest BCUT2D eigenvalue weighted by atomic mass is 10.1. The summed E-state index contributed by atoms with van der Waals surface area (Å²) in [4.78, 5) is 11.2. The molecule has 0 aliphatic heterocycles. The number of nitrogens with two attached hydrogens (primary N) is 1. The maximum absolute atomic E-state index is 11.2. The van der Waals surface area contributed by atoms with Crippen LogP contribution in [0.25, 0.3) is 0 Å². The van der Waals surface area contributed by atoms with Crippen LogP contribution < -0.4 is 5.73 Å². The van der Waals surface area contributed by atoms with Gasteiger partial charge in [-0.15, -0.1) is 0 Å². The van der Waals surface area contributed by atoms with Crippen LogP contribution >= 0.6 is 0 Å². The Labute approximate surface area is 90.5 Å². The minimum absolute atomic E-state index is 0.111. The molecule has 0 aromatic heterocycles. The van der Waals surface area contributed by atoms with E-state index in [0.717, 1.165) is 0 Å². The number of hydrogen-bond donors (Lipinski definition) is 2. The van der Waals surface area contributed by atoms with Gasteiger partial charge in [-0.1, -0.05) is 0 Å². The summed E-state index contributed by atoms with van der Waals surface area (Å²) in [7, 11) is 1.61. The molecule has 0 aromatic rings. The molecule has 0 spiro atoms. The highest BCUT2D eigenvalue weighted by molar-refractivity contribution is 5.75. The summed E-state index contributed by atoms with van der Waals surface area (Å²) in [6.07, 6.45) is 0.841. The lowest BCUT2D eigenvalue weighted by Crippen LogP contribution is -2.34. The van der Waals surface area contributed by atoms with Crippen molar-refractivity contribution in [2.45, 2.75) is 38.3 Å². The molecule has 0 amide bonds. The van der Waals surface area contributed by atoms with Crippen molar-refractivity contribution < 1.29 is 19.4 Å². The number of carbonyl (C=O) groups excluding carboxylic acids is 1. The first-order valence-corrected chi connectivity index (χ1v) is 5.01. The molecule has 0 rings (SSSR count). The van der Waals surface area contributed by atoms with Gasteiger partial charge in [0.25, 0.3) is 0 Å². The molecule has 0 aliphatic rings. The average Bonchev–Trinajstić information content (AvgIpc) is 2.18. The molecule has 0 saturated heterocycles. The number of hydrogen-bond acceptors (Lipinski definition) is 5. The minimum atomic E-state index is -0.736. The summed E-state index contributed by atoms with van der Waals surface area (Å²) >= 11 is 0. The Bertz CT molecular complexity index is 194. The average molecular weight is 219 g/mol. The van der Waals surface area contributed by atoms with Gasteiger partial charge in [0.15, 0.2) is 0 Å². The Morgan fingerprint density at radius 2 is 2.13 bits per heavy atom. The second-order valence-electron chi connectivity index (χ2n) is 4.00. The Kier molecular flexibility index (Phi) is 6.47. The maximum atomic E-state index is 11.2. The van der Waals surface area contributed by atoms with Gasteiger partial charge in [-0.05, 0) is 20.3 Å². The van der Waals surface area contributed by atoms with E-state index in [-0.39, 0.29) is 25.2 Å². The van der Waals surface area contributed by atoms with Crippen LogP contribution in [0, 0.1) is 0 Å². The topological polar surface area (TPSA) is 81.8 Å². The van der Waals surface area contributed by atoms with Crippen molar-refractivity contribution in [3.05, 3.63) is 0 Å². The van der Waals surface area contributed by atoms with Crippen LogP contribution in [0.1, 0.15) is 26.7 Å². The van der Waals surface area contributed by atoms with Crippen LogP contribution in [-0.2, 0) is 14.3 Å². The molecule has 0 radical (unpaired) electrons. The molecule has 15 heavy (non-hydrogen) atoms. The van der Waals surface area contributed by atoms with Crippen molar-refractivity contribution in [2.24, 2.45) is 5.73 Å². The van der Waals surface area contributed by atoms with Crippen LogP contribution in [0.2, 0.25) is 0 Å². The van der Waals surface area contributed by atoms with Gasteiger partial charge in [-0.2, -0.15) is 0 Å². The SMILES string of the molecule is COC(C)(C)CCOC(=O)[C@H](N)CCO. The Morgan fingerprint density at radius 1 is 1.53 bits per heavy atom. The number of aliphatic hydroxyl groups is 1. The monoisotopic (exact) mass is 219 g/mol. The predicted octanol–water partition coefficient (Wildman–Crippen LogP) is 0.0544. The molecule has 0 fully saturated rings. The van der Waals surface area contributed by atoms with E-state index in [1.54, 1.807) is 7.11 Å². The fraction of sp³-hybridized carbons (Fsp3) is 0.900. The van der Waals surface area contributed by atoms with Gasteiger partial charge in [0.2, 0.25) is 0 Å². The first-order valence-electron chi connectivity index (χ1n) is 5.01. The van der Waals surface area contributed by atoms with Crippen LogP contribution in [-0.4, -0.2) is 43.0 Å². The highest BCUT2D eigenvalue weighted by atomic mass is 16.5. The van der Waals surface area contributed by atoms with Crippen molar-refractivity contribution in [1.29, 1.82) is 0 Å². The van der Waals surface area contributed by atoms with Gasteiger partial charge >= 0.3 is 5.97 Å². The second-order valence-corrected chi connectivity index (χ2v) is 4.00. The zero-order chi connectivity index (χ0) is 11.9. The molecule has 0 saturated carbocycles. The molecule has 5 nitrogen and oxygen atoms in total. The molecule has 1 atom stereocenters. The molecule has 0 aliphatic carbocycles. The summed E-state index contributed by atoms with van der Waals surface area (Å²) in [5.41, 5.74) is 5.14. The van der Waals surface area contributed by atoms with E-state index in [9.17, 15) is 4.79 Å². The van der Waals surface area contributed by atoms with Gasteiger partial charge in [0.1, 0.15) is 6.04 Å². The number of ether oxygens (including phenoxy) is 2. The number of carbonyl (C=O) groups is 1. The smallest absolute Gasteiger partial charge is 0.322 e. The Morgan fingerprint density at radius 3 is 2.60 bits per heavy atom. The maximum Gasteiger partial charge on any atom is 0.322 e. The van der Waals surface area contributed by atoms with Crippen molar-refractivity contribution in [1.82, 2.24) is 0 Å². The van der Waals surface area contributed by atoms with Gasteiger partial charge in [0.05, 0.1) is 12.2 Å². The van der Waals surface area contributed by atoms with Crippen LogP contribution in [0.3, 0.4) is 0 Å². The highest BCUT2D eigenvalue weighted by Crippen LogP contribution is 2.12. The molecular formula is C10H21NO4. The first kappa shape index (κ1) is 14.3. The number of methoxy groups -OCH3 is 1. The van der Waals surface area contributed by atoms with E-state index >= 15 is 0 Å². The van der Waals surface area contributed by atoms with Crippen LogP contribution in [0.4, 0.5) is 0 Å². The van der Waals surface area contributed by atoms with Crippen molar-refractivity contribution in [3.8, 4) is 0 Å². The molecule has 0 unspecified atom stereocenters. The number of aliphatic hydroxyl groups excluding tert-OH is 1. The fourth-order valence-electron chi connectivity index (χ4n) is 0.863. The van der Waals surface area contributed by atoms with Gasteiger partial charge in [-0.25, -0.2) is 0 Å². The summed E-state index contributed by atoms with van der Waals surface area (Å²) in [5, 5.41) is 8.57. The molecular weight excluding hydrogens is 198 g/mol. The molecule has 0 aromatic carbocycles. The third kappa shape index (κ3) is 6.43. The van der Waals surface area contributed by atoms with Gasteiger partial charge in [0, 0.05) is 20.1 Å². The molecule has 90 valence electrons. The number of rotatable bonds is 7. The Hall–Kier alpha value is -0.650. The van der Waals surface area contributed by atoms with E-state index in [4.69, 9.17) is 20.3 Å². The minimum Gasteiger partial charge on any atom is -0.464 e. The zero-order valence-corrected chi connectivity index (χ0v) is 9.66. The second kappa shape index (κ2) is 6.76.